The third kappa shape index (κ3) is 2.26. The summed E-state index contributed by atoms with van der Waals surface area (Å²) in [6.07, 6.45) is 1.72. The fourth-order valence-corrected chi connectivity index (χ4v) is 3.09. The minimum absolute atomic E-state index is 0.213. The molecule has 2 heterocycles. The van der Waals surface area contributed by atoms with Crippen molar-refractivity contribution < 1.29 is 9.59 Å². The van der Waals surface area contributed by atoms with E-state index in [4.69, 9.17) is 0 Å². The molecule has 7 heteroatoms. The van der Waals surface area contributed by atoms with Gasteiger partial charge in [-0.1, -0.05) is 12.1 Å². The Bertz CT molecular complexity index is 676. The number of imidazole rings is 1. The molecule has 0 bridgehead atoms. The first-order chi connectivity index (χ1) is 9.59. The number of fused-ring (bicyclic) bond motifs is 1. The second kappa shape index (κ2) is 5.43. The van der Waals surface area contributed by atoms with Crippen LogP contribution in [0.4, 0.5) is 0 Å². The number of amides is 2. The first kappa shape index (κ1) is 14.0. The quantitative estimate of drug-likeness (QED) is 0.488. The molecule has 0 saturated carbocycles. The van der Waals surface area contributed by atoms with Crippen LogP contribution in [0.2, 0.25) is 0 Å². The molecule has 102 valence electrons. The number of imide groups is 1. The summed E-state index contributed by atoms with van der Waals surface area (Å²) in [6, 6.07) is 6.93. The Hall–Kier alpha value is -0.970. The number of hydrogen-bond donors (Lipinski definition) is 0. The molecule has 5 nitrogen and oxygen atoms in total. The normalized spacial score (nSPS) is 14.0. The van der Waals surface area contributed by atoms with Crippen molar-refractivity contribution in [2.75, 3.05) is 6.54 Å². The summed E-state index contributed by atoms with van der Waals surface area (Å²) in [5, 5.41) is 0. The van der Waals surface area contributed by atoms with Crippen molar-refractivity contribution in [1.82, 2.24) is 14.5 Å². The predicted octanol–water partition coefficient (Wildman–Crippen LogP) is 2.39. The predicted molar refractivity (Wildman–Crippen MR) is 89.5 cm³/mol. The number of hydrogen-bond acceptors (Lipinski definition) is 3. The zero-order chi connectivity index (χ0) is 14.3. The SMILES string of the molecule is O=C1c2ccccc2C(=O)N1CCn1cnc(I)c1I. The summed E-state index contributed by atoms with van der Waals surface area (Å²) >= 11 is 4.36. The highest BCUT2D eigenvalue weighted by Crippen LogP contribution is 2.22. The molecule has 2 aromatic rings. The molecular weight excluding hydrogens is 484 g/mol. The highest BCUT2D eigenvalue weighted by atomic mass is 127. The minimum Gasteiger partial charge on any atom is -0.323 e. The van der Waals surface area contributed by atoms with Crippen LogP contribution in [0.25, 0.3) is 0 Å². The van der Waals surface area contributed by atoms with E-state index >= 15 is 0 Å². The summed E-state index contributed by atoms with van der Waals surface area (Å²) in [5.41, 5.74) is 0.986. The maximum Gasteiger partial charge on any atom is 0.261 e. The van der Waals surface area contributed by atoms with Crippen molar-refractivity contribution in [2.45, 2.75) is 6.54 Å². The van der Waals surface area contributed by atoms with Crippen molar-refractivity contribution in [3.63, 3.8) is 0 Å². The number of halogens is 2. The van der Waals surface area contributed by atoms with Crippen LogP contribution in [0, 0.1) is 7.40 Å². The fraction of sp³-hybridized carbons (Fsp3) is 0.154. The first-order valence-corrected chi connectivity index (χ1v) is 8.06. The Morgan fingerprint density at radius 1 is 1.00 bits per heavy atom. The van der Waals surface area contributed by atoms with Crippen molar-refractivity contribution in [3.8, 4) is 0 Å². The molecule has 0 N–H and O–H groups in total. The number of nitrogens with zero attached hydrogens (tertiary/aromatic N) is 3. The lowest BCUT2D eigenvalue weighted by Gasteiger charge is -2.14. The standard InChI is InChI=1S/C13H9I2N3O2/c14-10-11(15)17(7-16-10)5-6-18-12(19)8-3-1-2-4-9(8)13(18)20/h1-4,7H,5-6H2. The van der Waals surface area contributed by atoms with Crippen LogP contribution in [0.5, 0.6) is 0 Å². The molecule has 0 radical (unpaired) electrons. The van der Waals surface area contributed by atoms with Crippen LogP contribution >= 0.6 is 45.2 Å². The van der Waals surface area contributed by atoms with Gasteiger partial charge >= 0.3 is 0 Å². The van der Waals surface area contributed by atoms with Crippen LogP contribution in [0.3, 0.4) is 0 Å². The van der Waals surface area contributed by atoms with Gasteiger partial charge in [-0.05, 0) is 57.3 Å². The number of carbonyl (C=O) groups excluding carboxylic acids is 2. The highest BCUT2D eigenvalue weighted by molar-refractivity contribution is 14.1. The Kier molecular flexibility index (Phi) is 3.80. The number of aromatic nitrogens is 2. The minimum atomic E-state index is -0.213. The Balaban J connectivity index is 1.79. The van der Waals surface area contributed by atoms with Gasteiger partial charge in [-0.2, -0.15) is 0 Å². The zero-order valence-electron chi connectivity index (χ0n) is 10.2. The van der Waals surface area contributed by atoms with E-state index in [0.29, 0.717) is 24.2 Å². The molecule has 20 heavy (non-hydrogen) atoms. The molecule has 1 aromatic carbocycles. The van der Waals surface area contributed by atoms with Gasteiger partial charge in [-0.3, -0.25) is 14.5 Å². The van der Waals surface area contributed by atoms with Gasteiger partial charge in [0.1, 0.15) is 7.40 Å². The Morgan fingerprint density at radius 2 is 1.60 bits per heavy atom. The van der Waals surface area contributed by atoms with E-state index in [-0.39, 0.29) is 11.8 Å². The first-order valence-electron chi connectivity index (χ1n) is 5.91. The van der Waals surface area contributed by atoms with E-state index < -0.39 is 0 Å². The van der Waals surface area contributed by atoms with Gasteiger partial charge in [-0.15, -0.1) is 0 Å². The van der Waals surface area contributed by atoms with Gasteiger partial charge in [0.05, 0.1) is 17.5 Å². The summed E-state index contributed by atoms with van der Waals surface area (Å²) in [5.74, 6) is -0.425. The lowest BCUT2D eigenvalue weighted by molar-refractivity contribution is 0.0648. The van der Waals surface area contributed by atoms with Crippen LogP contribution in [-0.4, -0.2) is 32.8 Å². The van der Waals surface area contributed by atoms with Gasteiger partial charge in [-0.25, -0.2) is 4.98 Å². The number of rotatable bonds is 3. The van der Waals surface area contributed by atoms with Gasteiger partial charge in [0.2, 0.25) is 0 Å². The monoisotopic (exact) mass is 493 g/mol. The summed E-state index contributed by atoms with van der Waals surface area (Å²) < 4.78 is 3.87. The van der Waals surface area contributed by atoms with E-state index in [1.54, 1.807) is 30.6 Å². The smallest absolute Gasteiger partial charge is 0.261 e. The third-order valence-corrected chi connectivity index (χ3v) is 6.13. The van der Waals surface area contributed by atoms with Crippen LogP contribution in [-0.2, 0) is 6.54 Å². The van der Waals surface area contributed by atoms with Gasteiger partial charge < -0.3 is 4.57 Å². The summed E-state index contributed by atoms with van der Waals surface area (Å²) in [7, 11) is 0. The number of benzene rings is 1. The van der Waals surface area contributed by atoms with Crippen molar-refractivity contribution >= 4 is 57.0 Å². The molecule has 0 unspecified atom stereocenters. The average molecular weight is 493 g/mol. The maximum atomic E-state index is 12.2. The molecule has 0 saturated heterocycles. The maximum absolute atomic E-state index is 12.2. The summed E-state index contributed by atoms with van der Waals surface area (Å²) in [4.78, 5) is 29.9. The van der Waals surface area contributed by atoms with Gasteiger partial charge in [0, 0.05) is 13.1 Å². The molecule has 0 aliphatic carbocycles. The largest absolute Gasteiger partial charge is 0.323 e. The van der Waals surface area contributed by atoms with E-state index in [9.17, 15) is 9.59 Å². The summed E-state index contributed by atoms with van der Waals surface area (Å²) in [6.45, 7) is 0.911. The van der Waals surface area contributed by atoms with Gasteiger partial charge in [0.25, 0.3) is 11.8 Å². The third-order valence-electron chi connectivity index (χ3n) is 3.18. The van der Waals surface area contributed by atoms with Crippen molar-refractivity contribution in [3.05, 3.63) is 49.1 Å². The Labute approximate surface area is 142 Å². The lowest BCUT2D eigenvalue weighted by atomic mass is 10.1. The molecule has 3 rings (SSSR count). The zero-order valence-corrected chi connectivity index (χ0v) is 14.5. The second-order valence-corrected chi connectivity index (χ2v) is 6.37. The van der Waals surface area contributed by atoms with E-state index in [1.807, 2.05) is 4.57 Å². The topological polar surface area (TPSA) is 55.2 Å². The molecule has 0 spiro atoms. The molecule has 0 fully saturated rings. The van der Waals surface area contributed by atoms with E-state index in [0.717, 1.165) is 7.40 Å². The van der Waals surface area contributed by atoms with Gasteiger partial charge in [0.15, 0.2) is 0 Å². The average Bonchev–Trinajstić information content (AvgIpc) is 2.90. The molecule has 1 aliphatic heterocycles. The fourth-order valence-electron chi connectivity index (χ4n) is 2.15. The van der Waals surface area contributed by atoms with Crippen LogP contribution in [0.15, 0.2) is 30.6 Å². The molecular formula is C13H9I2N3O2. The highest BCUT2D eigenvalue weighted by Gasteiger charge is 2.34. The van der Waals surface area contributed by atoms with E-state index in [2.05, 4.69) is 50.2 Å². The van der Waals surface area contributed by atoms with Crippen LogP contribution in [0.1, 0.15) is 20.7 Å². The van der Waals surface area contributed by atoms with E-state index in [1.165, 1.54) is 4.90 Å². The molecule has 2 amide bonds. The van der Waals surface area contributed by atoms with Crippen molar-refractivity contribution in [1.29, 1.82) is 0 Å². The van der Waals surface area contributed by atoms with Crippen molar-refractivity contribution in [2.24, 2.45) is 0 Å². The number of carbonyl (C=O) groups is 2. The molecule has 0 atom stereocenters. The Morgan fingerprint density at radius 3 is 2.10 bits per heavy atom. The lowest BCUT2D eigenvalue weighted by Crippen LogP contribution is -2.33. The van der Waals surface area contributed by atoms with Crippen LogP contribution < -0.4 is 0 Å². The second-order valence-electron chi connectivity index (χ2n) is 4.33. The molecule has 1 aromatic heterocycles. The molecule has 1 aliphatic rings.